The number of benzene rings is 7. The second-order valence-corrected chi connectivity index (χ2v) is 12.9. The molecule has 0 saturated heterocycles. The summed E-state index contributed by atoms with van der Waals surface area (Å²) in [6.07, 6.45) is 2.01. The predicted molar refractivity (Wildman–Crippen MR) is 195 cm³/mol. The average molecular weight is 604 g/mol. The van der Waals surface area contributed by atoms with E-state index in [2.05, 4.69) is 132 Å². The zero-order chi connectivity index (χ0) is 30.2. The summed E-state index contributed by atoms with van der Waals surface area (Å²) in [5.41, 5.74) is 6.22. The minimum absolute atomic E-state index is 0.715. The second-order valence-electron chi connectivity index (χ2n) is 11.8. The topological polar surface area (TPSA) is 30.7 Å². The van der Waals surface area contributed by atoms with Crippen LogP contribution >= 0.6 is 11.3 Å². The molecule has 7 aromatic carbocycles. The number of aromatic nitrogens is 3. The molecule has 3 heterocycles. The minimum Gasteiger partial charge on any atom is -0.306 e. The fourth-order valence-corrected chi connectivity index (χ4v) is 8.23. The van der Waals surface area contributed by atoms with E-state index >= 15 is 0 Å². The third-order valence-electron chi connectivity index (χ3n) is 9.20. The molecule has 0 radical (unpaired) electrons. The molecular formula is C42H25N3S. The van der Waals surface area contributed by atoms with Gasteiger partial charge in [0.05, 0.1) is 28.6 Å². The Balaban J connectivity index is 1.36. The highest BCUT2D eigenvalue weighted by Gasteiger charge is 2.21. The number of nitrogens with zero attached hydrogens (tertiary/aromatic N) is 3. The quantitative estimate of drug-likeness (QED) is 0.201. The Morgan fingerprint density at radius 2 is 1.13 bits per heavy atom. The van der Waals surface area contributed by atoms with Gasteiger partial charge in [0.25, 0.3) is 0 Å². The molecule has 0 aliphatic heterocycles. The van der Waals surface area contributed by atoms with Crippen LogP contribution < -0.4 is 0 Å². The van der Waals surface area contributed by atoms with E-state index in [1.807, 2.05) is 35.7 Å². The van der Waals surface area contributed by atoms with Crippen LogP contribution in [-0.4, -0.2) is 14.5 Å². The van der Waals surface area contributed by atoms with E-state index in [1.54, 1.807) is 0 Å². The summed E-state index contributed by atoms with van der Waals surface area (Å²) in [6, 6.07) is 52.1. The van der Waals surface area contributed by atoms with Crippen LogP contribution in [0.25, 0.3) is 91.9 Å². The molecular weight excluding hydrogens is 579 g/mol. The summed E-state index contributed by atoms with van der Waals surface area (Å²) in [5, 5.41) is 10.1. The Hall–Kier alpha value is -5.84. The van der Waals surface area contributed by atoms with Gasteiger partial charge in [-0.2, -0.15) is 0 Å². The van der Waals surface area contributed by atoms with Crippen LogP contribution in [0.3, 0.4) is 0 Å². The lowest BCUT2D eigenvalue weighted by Crippen LogP contribution is -2.02. The Morgan fingerprint density at radius 1 is 0.478 bits per heavy atom. The normalized spacial score (nSPS) is 11.9. The van der Waals surface area contributed by atoms with Gasteiger partial charge in [0.15, 0.2) is 5.82 Å². The maximum absolute atomic E-state index is 5.25. The molecule has 10 aromatic rings. The van der Waals surface area contributed by atoms with Crippen LogP contribution in [0.15, 0.2) is 152 Å². The summed E-state index contributed by atoms with van der Waals surface area (Å²) in [6.45, 7) is 0. The number of hydrogen-bond acceptors (Lipinski definition) is 3. The van der Waals surface area contributed by atoms with Crippen molar-refractivity contribution in [1.29, 1.82) is 0 Å². The molecule has 0 unspecified atom stereocenters. The van der Waals surface area contributed by atoms with Crippen molar-refractivity contribution in [2.75, 3.05) is 0 Å². The van der Waals surface area contributed by atoms with Gasteiger partial charge in [-0.1, -0.05) is 115 Å². The standard InChI is InChI=1S/C42H25N3S/c1-3-12-27(13-4-1)41-37(25-43-42(44-41)28-14-5-2-6-15-28)45-35-20-19-26-11-9-10-18-31(26)40(35)34-24-39-33(23-36(34)45)32-21-29-16-7-8-17-30(29)22-38(32)46-39/h1-25H. The van der Waals surface area contributed by atoms with Gasteiger partial charge in [-0.3, -0.25) is 0 Å². The fourth-order valence-electron chi connectivity index (χ4n) is 7.07. The molecule has 0 spiro atoms. The van der Waals surface area contributed by atoms with Crippen LogP contribution in [-0.2, 0) is 0 Å². The van der Waals surface area contributed by atoms with Crippen molar-refractivity contribution in [3.63, 3.8) is 0 Å². The van der Waals surface area contributed by atoms with E-state index in [0.29, 0.717) is 5.82 Å². The molecule has 0 atom stereocenters. The molecule has 0 saturated carbocycles. The first kappa shape index (κ1) is 25.5. The summed E-state index contributed by atoms with van der Waals surface area (Å²) >= 11 is 1.88. The zero-order valence-electron chi connectivity index (χ0n) is 24.7. The van der Waals surface area contributed by atoms with Gasteiger partial charge < -0.3 is 4.57 Å². The molecule has 3 nitrogen and oxygen atoms in total. The van der Waals surface area contributed by atoms with E-state index in [0.717, 1.165) is 33.5 Å². The molecule has 0 bridgehead atoms. The van der Waals surface area contributed by atoms with Gasteiger partial charge in [0, 0.05) is 42.1 Å². The van der Waals surface area contributed by atoms with Gasteiger partial charge >= 0.3 is 0 Å². The molecule has 214 valence electrons. The van der Waals surface area contributed by atoms with Crippen molar-refractivity contribution in [3.05, 3.63) is 152 Å². The van der Waals surface area contributed by atoms with Crippen molar-refractivity contribution in [2.45, 2.75) is 0 Å². The highest BCUT2D eigenvalue weighted by atomic mass is 32.1. The maximum atomic E-state index is 5.25. The third kappa shape index (κ3) is 3.77. The molecule has 3 aromatic heterocycles. The van der Waals surface area contributed by atoms with Crippen LogP contribution in [0, 0.1) is 0 Å². The van der Waals surface area contributed by atoms with Gasteiger partial charge in [-0.15, -0.1) is 11.3 Å². The zero-order valence-corrected chi connectivity index (χ0v) is 25.5. The first-order valence-corrected chi connectivity index (χ1v) is 16.3. The Morgan fingerprint density at radius 3 is 1.93 bits per heavy atom. The number of rotatable bonds is 3. The molecule has 0 fully saturated rings. The van der Waals surface area contributed by atoms with Gasteiger partial charge in [0.1, 0.15) is 0 Å². The largest absolute Gasteiger partial charge is 0.306 e. The van der Waals surface area contributed by atoms with Gasteiger partial charge in [0.2, 0.25) is 0 Å². The highest BCUT2D eigenvalue weighted by molar-refractivity contribution is 7.26. The highest BCUT2D eigenvalue weighted by Crippen LogP contribution is 2.44. The summed E-state index contributed by atoms with van der Waals surface area (Å²) in [7, 11) is 0. The summed E-state index contributed by atoms with van der Waals surface area (Å²) in [5.74, 6) is 0.715. The van der Waals surface area contributed by atoms with Crippen molar-refractivity contribution in [1.82, 2.24) is 14.5 Å². The van der Waals surface area contributed by atoms with Gasteiger partial charge in [-0.25, -0.2) is 9.97 Å². The Labute approximate surface area is 268 Å². The molecule has 0 aliphatic carbocycles. The van der Waals surface area contributed by atoms with Crippen LogP contribution in [0.1, 0.15) is 0 Å². The predicted octanol–water partition coefficient (Wildman–Crippen LogP) is 11.6. The van der Waals surface area contributed by atoms with Crippen molar-refractivity contribution >= 4 is 74.9 Å². The average Bonchev–Trinajstić information content (AvgIpc) is 3.64. The molecule has 0 aliphatic rings. The van der Waals surface area contributed by atoms with E-state index in [9.17, 15) is 0 Å². The maximum Gasteiger partial charge on any atom is 0.159 e. The number of thiophene rings is 1. The molecule has 0 amide bonds. The Bertz CT molecular complexity index is 2790. The summed E-state index contributed by atoms with van der Waals surface area (Å²) in [4.78, 5) is 10.2. The fraction of sp³-hybridized carbons (Fsp3) is 0. The van der Waals surface area contributed by atoms with Crippen LogP contribution in [0.4, 0.5) is 0 Å². The van der Waals surface area contributed by atoms with Gasteiger partial charge in [-0.05, 0) is 51.9 Å². The molecule has 4 heteroatoms. The number of fused-ring (bicyclic) bond motifs is 9. The Kier molecular flexibility index (Phi) is 5.45. The van der Waals surface area contributed by atoms with E-state index in [-0.39, 0.29) is 0 Å². The molecule has 10 rings (SSSR count). The lowest BCUT2D eigenvalue weighted by Gasteiger charge is -2.14. The van der Waals surface area contributed by atoms with Crippen molar-refractivity contribution in [3.8, 4) is 28.3 Å². The van der Waals surface area contributed by atoms with E-state index in [4.69, 9.17) is 9.97 Å². The third-order valence-corrected chi connectivity index (χ3v) is 10.3. The number of hydrogen-bond donors (Lipinski definition) is 0. The second kappa shape index (κ2) is 9.83. The molecule has 0 N–H and O–H groups in total. The van der Waals surface area contributed by atoms with Crippen LogP contribution in [0.2, 0.25) is 0 Å². The first-order chi connectivity index (χ1) is 22.8. The monoisotopic (exact) mass is 603 g/mol. The lowest BCUT2D eigenvalue weighted by molar-refractivity contribution is 1.09. The SMILES string of the molecule is c1ccc(-c2ncc(-n3c4cc5c(cc4c4c6ccccc6ccc43)sc3cc4ccccc4cc35)c(-c3ccccc3)n2)cc1. The van der Waals surface area contributed by atoms with Crippen LogP contribution in [0.5, 0.6) is 0 Å². The lowest BCUT2D eigenvalue weighted by atomic mass is 10.0. The van der Waals surface area contributed by atoms with Crippen molar-refractivity contribution < 1.29 is 0 Å². The van der Waals surface area contributed by atoms with E-state index < -0.39 is 0 Å². The molecule has 46 heavy (non-hydrogen) atoms. The van der Waals surface area contributed by atoms with Crippen molar-refractivity contribution in [2.24, 2.45) is 0 Å². The smallest absolute Gasteiger partial charge is 0.159 e. The van der Waals surface area contributed by atoms with E-state index in [1.165, 1.54) is 52.5 Å². The first-order valence-electron chi connectivity index (χ1n) is 15.5. The summed E-state index contributed by atoms with van der Waals surface area (Å²) < 4.78 is 4.99. The minimum atomic E-state index is 0.715.